The Bertz CT molecular complexity index is 375. The molecule has 1 fully saturated rings. The van der Waals surface area contributed by atoms with Crippen molar-refractivity contribution >= 4 is 0 Å². The summed E-state index contributed by atoms with van der Waals surface area (Å²) in [5, 5.41) is 0. The van der Waals surface area contributed by atoms with Crippen molar-refractivity contribution in [3.8, 4) is 0 Å². The molecule has 0 saturated carbocycles. The van der Waals surface area contributed by atoms with Crippen molar-refractivity contribution in [3.63, 3.8) is 0 Å². The number of nitrogens with zero attached hydrogens (tertiary/aromatic N) is 2. The summed E-state index contributed by atoms with van der Waals surface area (Å²) < 4.78 is 8.95. The van der Waals surface area contributed by atoms with Gasteiger partial charge in [-0.15, -0.1) is 0 Å². The second-order valence-corrected chi connectivity index (χ2v) is 4.48. The van der Waals surface area contributed by atoms with E-state index in [4.69, 9.17) is 4.74 Å². The highest BCUT2D eigenvalue weighted by Crippen LogP contribution is 2.15. The number of aromatic nitrogens is 2. The van der Waals surface area contributed by atoms with Gasteiger partial charge in [-0.1, -0.05) is 6.92 Å². The zero-order chi connectivity index (χ0) is 11.4. The van der Waals surface area contributed by atoms with E-state index in [1.54, 1.807) is 4.57 Å². The predicted octanol–water partition coefficient (Wildman–Crippen LogP) is 1.49. The molecule has 4 heteroatoms. The van der Waals surface area contributed by atoms with Crippen molar-refractivity contribution in [1.82, 2.24) is 9.13 Å². The van der Waals surface area contributed by atoms with Gasteiger partial charge in [0.2, 0.25) is 0 Å². The van der Waals surface area contributed by atoms with Crippen LogP contribution in [-0.2, 0) is 17.8 Å². The normalized spacial score (nSPS) is 17.8. The van der Waals surface area contributed by atoms with Crippen molar-refractivity contribution in [2.75, 3.05) is 13.2 Å². The number of aryl methyl sites for hydroxylation is 1. The first-order valence-corrected chi connectivity index (χ1v) is 6.14. The Labute approximate surface area is 95.8 Å². The molecule has 0 aromatic carbocycles. The van der Waals surface area contributed by atoms with E-state index in [9.17, 15) is 4.79 Å². The molecule has 0 atom stereocenters. The quantitative estimate of drug-likeness (QED) is 0.776. The fraction of sp³-hybridized carbons (Fsp3) is 0.750. The van der Waals surface area contributed by atoms with Crippen LogP contribution in [0, 0.1) is 5.92 Å². The third-order valence-corrected chi connectivity index (χ3v) is 3.18. The third kappa shape index (κ3) is 2.55. The van der Waals surface area contributed by atoms with Gasteiger partial charge in [-0.3, -0.25) is 9.13 Å². The third-order valence-electron chi connectivity index (χ3n) is 3.18. The molecule has 0 radical (unpaired) electrons. The molecule has 90 valence electrons. The summed E-state index contributed by atoms with van der Waals surface area (Å²) in [5.74, 6) is 0.601. The summed E-state index contributed by atoms with van der Waals surface area (Å²) in [7, 11) is 0. The van der Waals surface area contributed by atoms with Crippen LogP contribution in [-0.4, -0.2) is 22.3 Å². The molecule has 1 aromatic rings. The minimum absolute atomic E-state index is 0.133. The Kier molecular flexibility index (Phi) is 3.83. The van der Waals surface area contributed by atoms with Crippen LogP contribution in [0.3, 0.4) is 0 Å². The first-order valence-electron chi connectivity index (χ1n) is 6.14. The molecule has 2 rings (SSSR count). The number of ether oxygens (including phenoxy) is 1. The van der Waals surface area contributed by atoms with Crippen LogP contribution in [0.4, 0.5) is 0 Å². The van der Waals surface area contributed by atoms with Crippen LogP contribution in [0.1, 0.15) is 26.2 Å². The van der Waals surface area contributed by atoms with Crippen LogP contribution >= 0.6 is 0 Å². The first-order chi connectivity index (χ1) is 7.81. The van der Waals surface area contributed by atoms with Gasteiger partial charge in [0, 0.05) is 38.7 Å². The molecule has 0 N–H and O–H groups in total. The number of rotatable bonds is 4. The lowest BCUT2D eigenvalue weighted by molar-refractivity contribution is 0.0609. The average molecular weight is 224 g/mol. The minimum atomic E-state index is 0.133. The van der Waals surface area contributed by atoms with E-state index in [-0.39, 0.29) is 5.69 Å². The minimum Gasteiger partial charge on any atom is -0.381 e. The standard InChI is InChI=1S/C12H20N2O2/c1-2-5-13-6-7-14(12(13)15)10-11-3-8-16-9-4-11/h6-7,11H,2-5,8-10H2,1H3. The Morgan fingerprint density at radius 1 is 1.31 bits per heavy atom. The SMILES string of the molecule is CCCn1ccn(CC2CCOCC2)c1=O. The van der Waals surface area contributed by atoms with E-state index < -0.39 is 0 Å². The number of hydrogen-bond donors (Lipinski definition) is 0. The van der Waals surface area contributed by atoms with E-state index in [1.807, 2.05) is 17.0 Å². The summed E-state index contributed by atoms with van der Waals surface area (Å²) in [6.45, 7) is 5.44. The average Bonchev–Trinajstić information content (AvgIpc) is 2.64. The molecule has 0 unspecified atom stereocenters. The highest BCUT2D eigenvalue weighted by atomic mass is 16.5. The maximum Gasteiger partial charge on any atom is 0.328 e. The number of imidazole rings is 1. The number of hydrogen-bond acceptors (Lipinski definition) is 2. The first kappa shape index (κ1) is 11.5. The van der Waals surface area contributed by atoms with Gasteiger partial charge in [0.1, 0.15) is 0 Å². The van der Waals surface area contributed by atoms with Crippen LogP contribution in [0.15, 0.2) is 17.2 Å². The van der Waals surface area contributed by atoms with Gasteiger partial charge in [0.25, 0.3) is 0 Å². The zero-order valence-corrected chi connectivity index (χ0v) is 9.89. The van der Waals surface area contributed by atoms with Crippen LogP contribution in [0.2, 0.25) is 0 Å². The van der Waals surface area contributed by atoms with Gasteiger partial charge in [-0.25, -0.2) is 4.79 Å². The molecule has 16 heavy (non-hydrogen) atoms. The summed E-state index contributed by atoms with van der Waals surface area (Å²) in [5.41, 5.74) is 0.133. The van der Waals surface area contributed by atoms with Gasteiger partial charge >= 0.3 is 5.69 Å². The van der Waals surface area contributed by atoms with E-state index in [1.165, 1.54) is 0 Å². The zero-order valence-electron chi connectivity index (χ0n) is 9.89. The summed E-state index contributed by atoms with van der Waals surface area (Å²) in [6.07, 6.45) is 6.95. The highest BCUT2D eigenvalue weighted by molar-refractivity contribution is 4.82. The second-order valence-electron chi connectivity index (χ2n) is 4.48. The Morgan fingerprint density at radius 2 is 2.00 bits per heavy atom. The molecule has 1 aromatic heterocycles. The van der Waals surface area contributed by atoms with Gasteiger partial charge in [0.05, 0.1) is 0 Å². The maximum absolute atomic E-state index is 11.9. The maximum atomic E-state index is 11.9. The molecule has 1 saturated heterocycles. The molecular formula is C12H20N2O2. The van der Waals surface area contributed by atoms with Crippen LogP contribution in [0.5, 0.6) is 0 Å². The summed E-state index contributed by atoms with van der Waals surface area (Å²) >= 11 is 0. The molecule has 4 nitrogen and oxygen atoms in total. The molecule has 2 heterocycles. The topological polar surface area (TPSA) is 36.2 Å². The van der Waals surface area contributed by atoms with Crippen molar-refractivity contribution < 1.29 is 4.74 Å². The molecular weight excluding hydrogens is 204 g/mol. The van der Waals surface area contributed by atoms with Gasteiger partial charge in [-0.2, -0.15) is 0 Å². The molecule has 0 bridgehead atoms. The monoisotopic (exact) mass is 224 g/mol. The lowest BCUT2D eigenvalue weighted by atomic mass is 10.0. The lowest BCUT2D eigenvalue weighted by Gasteiger charge is -2.21. The molecule has 0 amide bonds. The van der Waals surface area contributed by atoms with Gasteiger partial charge < -0.3 is 4.74 Å². The largest absolute Gasteiger partial charge is 0.381 e. The summed E-state index contributed by atoms with van der Waals surface area (Å²) in [6, 6.07) is 0. The molecule has 0 aliphatic carbocycles. The molecule has 1 aliphatic rings. The van der Waals surface area contributed by atoms with E-state index in [0.29, 0.717) is 5.92 Å². The smallest absolute Gasteiger partial charge is 0.328 e. The fourth-order valence-corrected chi connectivity index (χ4v) is 2.21. The predicted molar refractivity (Wildman–Crippen MR) is 62.5 cm³/mol. The van der Waals surface area contributed by atoms with Crippen LogP contribution < -0.4 is 5.69 Å². The van der Waals surface area contributed by atoms with E-state index in [0.717, 1.165) is 45.6 Å². The van der Waals surface area contributed by atoms with E-state index in [2.05, 4.69) is 6.92 Å². The van der Waals surface area contributed by atoms with Crippen molar-refractivity contribution in [1.29, 1.82) is 0 Å². The van der Waals surface area contributed by atoms with Crippen molar-refractivity contribution in [3.05, 3.63) is 22.9 Å². The Morgan fingerprint density at radius 3 is 2.69 bits per heavy atom. The Hall–Kier alpha value is -1.03. The Balaban J connectivity index is 2.00. The van der Waals surface area contributed by atoms with Crippen LogP contribution in [0.25, 0.3) is 0 Å². The summed E-state index contributed by atoms with van der Waals surface area (Å²) in [4.78, 5) is 11.9. The van der Waals surface area contributed by atoms with E-state index >= 15 is 0 Å². The molecule has 1 aliphatic heterocycles. The second kappa shape index (κ2) is 5.34. The van der Waals surface area contributed by atoms with Crippen molar-refractivity contribution in [2.24, 2.45) is 5.92 Å². The van der Waals surface area contributed by atoms with Gasteiger partial charge in [0.15, 0.2) is 0 Å². The fourth-order valence-electron chi connectivity index (χ4n) is 2.21. The molecule has 0 spiro atoms. The van der Waals surface area contributed by atoms with Gasteiger partial charge in [-0.05, 0) is 25.2 Å². The highest BCUT2D eigenvalue weighted by Gasteiger charge is 2.15. The lowest BCUT2D eigenvalue weighted by Crippen LogP contribution is -2.28. The van der Waals surface area contributed by atoms with Crippen molar-refractivity contribution in [2.45, 2.75) is 39.3 Å².